The van der Waals surface area contributed by atoms with Gasteiger partial charge in [0.25, 0.3) is 0 Å². The predicted octanol–water partition coefficient (Wildman–Crippen LogP) is 5.79. The maximum Gasteiger partial charge on any atom is 0.146 e. The summed E-state index contributed by atoms with van der Waals surface area (Å²) in [7, 11) is -2.46. The molecule has 0 amide bonds. The van der Waals surface area contributed by atoms with E-state index >= 15 is 0 Å². The molecule has 1 aliphatic carbocycles. The Labute approximate surface area is 228 Å². The lowest BCUT2D eigenvalue weighted by molar-refractivity contribution is 0.0668. The Morgan fingerprint density at radius 1 is 1.08 bits per heavy atom. The Morgan fingerprint density at radius 2 is 1.85 bits per heavy atom. The molecule has 5 rings (SSSR count). The Bertz CT molecular complexity index is 1580. The molecule has 0 spiro atoms. The number of aryl methyl sites for hydroxylation is 1. The average molecular weight is 549 g/mol. The van der Waals surface area contributed by atoms with Crippen LogP contribution < -0.4 is 14.8 Å². The topological polar surface area (TPSA) is 96.4 Å². The molecule has 1 aromatic heterocycles. The fourth-order valence-electron chi connectivity index (χ4n) is 4.86. The number of fused-ring (bicyclic) bond motifs is 1. The molecule has 1 heterocycles. The zero-order chi connectivity index (χ0) is 27.4. The standard InChI is InChI=1S/C30H33FN4O3S/c1-20-16-23(35-39(2,37)15-14-21-6-4-3-5-7-21)18-27-29(20)30(33-19-32-27)34-26-13-8-22(31)17-28(26)38-25-11-9-24(36)10-12-25/h3-8,13,15-19,24-25,36H,9-12,14H2,1-2H3,(H,35,37)(H,32,33,34). The number of anilines is 3. The molecule has 0 aliphatic heterocycles. The summed E-state index contributed by atoms with van der Waals surface area (Å²) < 4.78 is 36.7. The quantitative estimate of drug-likeness (QED) is 0.241. The van der Waals surface area contributed by atoms with E-state index in [1.807, 2.05) is 49.4 Å². The Balaban J connectivity index is 1.39. The van der Waals surface area contributed by atoms with Gasteiger partial charge in [0.15, 0.2) is 0 Å². The Hall–Kier alpha value is -3.69. The van der Waals surface area contributed by atoms with Crippen molar-refractivity contribution in [1.29, 1.82) is 0 Å². The van der Waals surface area contributed by atoms with Crippen molar-refractivity contribution in [2.24, 2.45) is 0 Å². The van der Waals surface area contributed by atoms with Gasteiger partial charge in [-0.25, -0.2) is 18.6 Å². The van der Waals surface area contributed by atoms with Crippen molar-refractivity contribution in [3.63, 3.8) is 0 Å². The number of ether oxygens (including phenoxy) is 1. The zero-order valence-electron chi connectivity index (χ0n) is 22.1. The van der Waals surface area contributed by atoms with Crippen LogP contribution >= 0.6 is 0 Å². The molecular formula is C30H33FN4O3S. The molecule has 1 saturated carbocycles. The van der Waals surface area contributed by atoms with E-state index in [9.17, 15) is 13.7 Å². The summed E-state index contributed by atoms with van der Waals surface area (Å²) in [4.78, 5) is 8.92. The summed E-state index contributed by atoms with van der Waals surface area (Å²) in [5, 5.41) is 15.7. The van der Waals surface area contributed by atoms with Crippen LogP contribution in [-0.2, 0) is 16.1 Å². The van der Waals surface area contributed by atoms with Gasteiger partial charge in [0.05, 0.1) is 23.4 Å². The van der Waals surface area contributed by atoms with E-state index in [0.717, 1.165) is 16.5 Å². The lowest BCUT2D eigenvalue weighted by atomic mass is 9.95. The normalized spacial score (nSPS) is 18.8. The first-order chi connectivity index (χ1) is 18.8. The van der Waals surface area contributed by atoms with Crippen LogP contribution in [0.4, 0.5) is 21.6 Å². The number of aromatic nitrogens is 2. The third kappa shape index (κ3) is 6.85. The van der Waals surface area contributed by atoms with Crippen molar-refractivity contribution in [2.45, 2.75) is 51.2 Å². The maximum absolute atomic E-state index is 14.1. The molecule has 9 heteroatoms. The molecule has 0 saturated heterocycles. The average Bonchev–Trinajstić information content (AvgIpc) is 2.91. The van der Waals surface area contributed by atoms with Crippen molar-refractivity contribution < 1.29 is 18.4 Å². The van der Waals surface area contributed by atoms with Crippen LogP contribution in [-0.4, -0.2) is 43.1 Å². The number of nitrogens with one attached hydrogen (secondary N) is 2. The third-order valence-electron chi connectivity index (χ3n) is 6.87. The van der Waals surface area contributed by atoms with Crippen LogP contribution in [0.25, 0.3) is 10.9 Å². The van der Waals surface area contributed by atoms with E-state index in [1.54, 1.807) is 17.7 Å². The molecule has 1 unspecified atom stereocenters. The molecule has 3 N–H and O–H groups in total. The molecule has 0 radical (unpaired) electrons. The molecule has 39 heavy (non-hydrogen) atoms. The predicted molar refractivity (Wildman–Crippen MR) is 157 cm³/mol. The van der Waals surface area contributed by atoms with Crippen molar-refractivity contribution in [2.75, 3.05) is 16.3 Å². The first-order valence-corrected chi connectivity index (χ1v) is 15.1. The highest BCUT2D eigenvalue weighted by molar-refractivity contribution is 8.01. The summed E-state index contributed by atoms with van der Waals surface area (Å²) in [5.74, 6) is 0.573. The van der Waals surface area contributed by atoms with Crippen LogP contribution in [0.3, 0.4) is 0 Å². The summed E-state index contributed by atoms with van der Waals surface area (Å²) in [5.41, 5.74) is 3.96. The van der Waals surface area contributed by atoms with E-state index in [-0.39, 0.29) is 12.2 Å². The van der Waals surface area contributed by atoms with Gasteiger partial charge in [-0.3, -0.25) is 0 Å². The number of rotatable bonds is 8. The van der Waals surface area contributed by atoms with Gasteiger partial charge in [0.2, 0.25) is 0 Å². The lowest BCUT2D eigenvalue weighted by Gasteiger charge is -2.27. The number of aliphatic hydroxyl groups excluding tert-OH is 1. The molecule has 1 aliphatic rings. The largest absolute Gasteiger partial charge is 0.488 e. The van der Waals surface area contributed by atoms with Crippen LogP contribution in [0, 0.1) is 12.7 Å². The SMILES string of the molecule is Cc1cc(NS(C)(=O)=CCc2ccccc2)cc2ncnc(Nc3ccc(F)cc3OC3CCC(O)CC3)c12. The van der Waals surface area contributed by atoms with Crippen LogP contribution in [0.15, 0.2) is 67.0 Å². The third-order valence-corrected chi connectivity index (χ3v) is 8.31. The first-order valence-electron chi connectivity index (χ1n) is 13.1. The first kappa shape index (κ1) is 26.9. The Morgan fingerprint density at radius 3 is 2.62 bits per heavy atom. The van der Waals surface area contributed by atoms with E-state index in [0.29, 0.717) is 60.6 Å². The van der Waals surface area contributed by atoms with E-state index in [4.69, 9.17) is 4.74 Å². The zero-order valence-corrected chi connectivity index (χ0v) is 22.9. The van der Waals surface area contributed by atoms with Crippen LogP contribution in [0.5, 0.6) is 5.75 Å². The second-order valence-corrected chi connectivity index (χ2v) is 12.4. The van der Waals surface area contributed by atoms with Gasteiger partial charge in [-0.15, -0.1) is 0 Å². The molecule has 4 aromatic rings. The molecule has 3 aromatic carbocycles. The molecule has 0 bridgehead atoms. The van der Waals surface area contributed by atoms with Gasteiger partial charge in [-0.1, -0.05) is 30.3 Å². The van der Waals surface area contributed by atoms with Gasteiger partial charge in [-0.2, -0.15) is 0 Å². The van der Waals surface area contributed by atoms with Crippen LogP contribution in [0.1, 0.15) is 36.8 Å². The highest BCUT2D eigenvalue weighted by Gasteiger charge is 2.22. The van der Waals surface area contributed by atoms with Gasteiger partial charge in [-0.05, 0) is 79.8 Å². The number of benzene rings is 3. The van der Waals surface area contributed by atoms with Gasteiger partial charge >= 0.3 is 0 Å². The highest BCUT2D eigenvalue weighted by atomic mass is 32.2. The molecule has 1 fully saturated rings. The number of hydrogen-bond donors (Lipinski definition) is 3. The second kappa shape index (κ2) is 11.6. The fraction of sp³-hybridized carbons (Fsp3) is 0.300. The minimum atomic E-state index is -2.46. The van der Waals surface area contributed by atoms with E-state index in [1.165, 1.54) is 18.5 Å². The monoisotopic (exact) mass is 548 g/mol. The van der Waals surface area contributed by atoms with Gasteiger partial charge in [0.1, 0.15) is 23.7 Å². The fourth-order valence-corrected chi connectivity index (χ4v) is 6.04. The number of hydrogen-bond acceptors (Lipinski definition) is 6. The molecular weight excluding hydrogens is 515 g/mol. The summed E-state index contributed by atoms with van der Waals surface area (Å²) >= 11 is 0. The minimum absolute atomic E-state index is 0.0872. The smallest absolute Gasteiger partial charge is 0.146 e. The summed E-state index contributed by atoms with van der Waals surface area (Å²) in [6, 6.07) is 18.1. The van der Waals surface area contributed by atoms with Crippen molar-refractivity contribution >= 4 is 43.2 Å². The van der Waals surface area contributed by atoms with E-state index in [2.05, 4.69) is 20.0 Å². The number of halogens is 1. The molecule has 204 valence electrons. The molecule has 7 nitrogen and oxygen atoms in total. The van der Waals surface area contributed by atoms with Gasteiger partial charge < -0.3 is 19.9 Å². The van der Waals surface area contributed by atoms with Crippen molar-refractivity contribution in [3.05, 3.63) is 83.9 Å². The van der Waals surface area contributed by atoms with Gasteiger partial charge in [0, 0.05) is 33.1 Å². The lowest BCUT2D eigenvalue weighted by Crippen LogP contribution is -2.26. The summed E-state index contributed by atoms with van der Waals surface area (Å²) in [6.45, 7) is 1.95. The number of nitrogens with zero attached hydrogens (tertiary/aromatic N) is 2. The molecule has 1 atom stereocenters. The second-order valence-electron chi connectivity index (χ2n) is 10.1. The number of aliphatic hydroxyl groups is 1. The van der Waals surface area contributed by atoms with Crippen LogP contribution in [0.2, 0.25) is 0 Å². The van der Waals surface area contributed by atoms with E-state index < -0.39 is 15.5 Å². The highest BCUT2D eigenvalue weighted by Crippen LogP contribution is 2.35. The summed E-state index contributed by atoms with van der Waals surface area (Å²) in [6.07, 6.45) is 6.12. The van der Waals surface area contributed by atoms with Crippen molar-refractivity contribution in [1.82, 2.24) is 9.97 Å². The Kier molecular flexibility index (Phi) is 7.99. The van der Waals surface area contributed by atoms with Crippen molar-refractivity contribution in [3.8, 4) is 5.75 Å². The minimum Gasteiger partial charge on any atom is -0.488 e. The maximum atomic E-state index is 14.1.